The molecule has 146 valence electrons. The number of aliphatic hydroxyl groups is 2. The monoisotopic (exact) mass is 405 g/mol. The third-order valence-electron chi connectivity index (χ3n) is 4.42. The summed E-state index contributed by atoms with van der Waals surface area (Å²) in [6, 6.07) is 9.43. The van der Waals surface area contributed by atoms with Crippen molar-refractivity contribution in [3.05, 3.63) is 80.3 Å². The quantitative estimate of drug-likeness (QED) is 0.585. The van der Waals surface area contributed by atoms with Gasteiger partial charge in [-0.2, -0.15) is 0 Å². The van der Waals surface area contributed by atoms with Crippen LogP contribution in [0.15, 0.2) is 47.4 Å². The van der Waals surface area contributed by atoms with Gasteiger partial charge in [-0.05, 0) is 29.3 Å². The Morgan fingerprint density at radius 2 is 2.00 bits per heavy atom. The molecule has 8 heteroatoms. The van der Waals surface area contributed by atoms with Crippen LogP contribution in [0.4, 0.5) is 4.39 Å². The molecule has 1 unspecified atom stereocenters. The third-order valence-corrected chi connectivity index (χ3v) is 4.71. The van der Waals surface area contributed by atoms with E-state index < -0.39 is 35.5 Å². The molecule has 0 radical (unpaired) electrons. The summed E-state index contributed by atoms with van der Waals surface area (Å²) in [5.74, 6) is -1.95. The second kappa shape index (κ2) is 8.10. The van der Waals surface area contributed by atoms with Crippen molar-refractivity contribution < 1.29 is 24.5 Å². The zero-order valence-corrected chi connectivity index (χ0v) is 15.4. The molecule has 0 saturated carbocycles. The minimum atomic E-state index is -1.40. The van der Waals surface area contributed by atoms with Crippen molar-refractivity contribution in [2.75, 3.05) is 6.61 Å². The van der Waals surface area contributed by atoms with E-state index >= 15 is 0 Å². The van der Waals surface area contributed by atoms with Crippen molar-refractivity contribution in [2.24, 2.45) is 0 Å². The minimum absolute atomic E-state index is 0.00759. The topological polar surface area (TPSA) is 99.8 Å². The summed E-state index contributed by atoms with van der Waals surface area (Å²) in [4.78, 5) is 24.0. The smallest absolute Gasteiger partial charge is 0.341 e. The maximum Gasteiger partial charge on any atom is 0.341 e. The lowest BCUT2D eigenvalue weighted by Crippen LogP contribution is -2.24. The number of fused-ring (bicyclic) bond motifs is 1. The van der Waals surface area contributed by atoms with E-state index in [1.165, 1.54) is 16.7 Å². The average molecular weight is 406 g/mol. The van der Waals surface area contributed by atoms with Gasteiger partial charge < -0.3 is 19.9 Å². The Labute approximate surface area is 164 Å². The molecule has 3 N–H and O–H groups in total. The molecule has 0 amide bonds. The second-order valence-electron chi connectivity index (χ2n) is 6.41. The lowest BCUT2D eigenvalue weighted by atomic mass is 10.0. The molecule has 1 aromatic heterocycles. The van der Waals surface area contributed by atoms with Gasteiger partial charge in [-0.1, -0.05) is 29.8 Å². The van der Waals surface area contributed by atoms with E-state index in [1.54, 1.807) is 24.3 Å². The summed E-state index contributed by atoms with van der Waals surface area (Å²) in [5, 5.41) is 28.2. The zero-order chi connectivity index (χ0) is 20.4. The Morgan fingerprint density at radius 3 is 2.68 bits per heavy atom. The first-order valence-electron chi connectivity index (χ1n) is 8.43. The number of aliphatic hydroxyl groups excluding tert-OH is 2. The minimum Gasteiger partial charge on any atom is -0.477 e. The van der Waals surface area contributed by atoms with Crippen LogP contribution in [0.25, 0.3) is 10.9 Å². The van der Waals surface area contributed by atoms with Gasteiger partial charge in [0, 0.05) is 18.0 Å². The summed E-state index contributed by atoms with van der Waals surface area (Å²) >= 11 is 5.80. The van der Waals surface area contributed by atoms with E-state index in [2.05, 4.69) is 0 Å². The Balaban J connectivity index is 2.14. The summed E-state index contributed by atoms with van der Waals surface area (Å²) in [6.45, 7) is -0.599. The van der Waals surface area contributed by atoms with E-state index in [9.17, 15) is 24.2 Å². The molecule has 0 spiro atoms. The van der Waals surface area contributed by atoms with Crippen LogP contribution in [0.5, 0.6) is 0 Å². The van der Waals surface area contributed by atoms with Crippen molar-refractivity contribution in [3.8, 4) is 0 Å². The van der Waals surface area contributed by atoms with Crippen molar-refractivity contribution >= 4 is 28.5 Å². The molecule has 0 fully saturated rings. The van der Waals surface area contributed by atoms with Crippen molar-refractivity contribution in [2.45, 2.75) is 19.1 Å². The second-order valence-corrected chi connectivity index (χ2v) is 6.81. The molecule has 28 heavy (non-hydrogen) atoms. The molecule has 0 aliphatic carbocycles. The summed E-state index contributed by atoms with van der Waals surface area (Å²) in [6.07, 6.45) is 0.188. The zero-order valence-electron chi connectivity index (χ0n) is 14.6. The highest BCUT2D eigenvalue weighted by Gasteiger charge is 2.17. The molecule has 1 heterocycles. The predicted octanol–water partition coefficient (Wildman–Crippen LogP) is 2.44. The first kappa shape index (κ1) is 20.0. The van der Waals surface area contributed by atoms with E-state index in [1.807, 2.05) is 0 Å². The maximum atomic E-state index is 14.2. The van der Waals surface area contributed by atoms with Crippen LogP contribution in [0.1, 0.15) is 21.5 Å². The van der Waals surface area contributed by atoms with Crippen LogP contribution >= 0.6 is 11.6 Å². The predicted molar refractivity (Wildman–Crippen MR) is 102 cm³/mol. The summed E-state index contributed by atoms with van der Waals surface area (Å²) < 4.78 is 15.6. The standard InChI is InChI=1S/C20H17ClFNO5/c21-16-3-1-2-12(18(16)22)6-11-4-5-17-14(7-11)19(26)15(20(27)28)9-23(17)8-13(25)10-24/h1-5,7,9,13,24-25H,6,8,10H2,(H,27,28). The van der Waals surface area contributed by atoms with Gasteiger partial charge in [-0.3, -0.25) is 4.79 Å². The van der Waals surface area contributed by atoms with Crippen LogP contribution in [0.3, 0.4) is 0 Å². The number of carbonyl (C=O) groups is 1. The number of rotatable bonds is 6. The van der Waals surface area contributed by atoms with Gasteiger partial charge in [-0.25, -0.2) is 9.18 Å². The number of carboxylic acid groups (broad SMARTS) is 1. The summed E-state index contributed by atoms with van der Waals surface area (Å²) in [7, 11) is 0. The number of carboxylic acids is 1. The Kier molecular flexibility index (Phi) is 5.79. The number of hydrogen-bond acceptors (Lipinski definition) is 4. The molecule has 3 rings (SSSR count). The highest BCUT2D eigenvalue weighted by molar-refractivity contribution is 6.30. The number of aromatic carboxylic acids is 1. The number of nitrogens with zero attached hydrogens (tertiary/aromatic N) is 1. The fraction of sp³-hybridized carbons (Fsp3) is 0.200. The van der Waals surface area contributed by atoms with E-state index in [0.29, 0.717) is 16.6 Å². The molecule has 0 aliphatic rings. The van der Waals surface area contributed by atoms with Gasteiger partial charge in [-0.15, -0.1) is 0 Å². The Hall–Kier alpha value is -2.74. The van der Waals surface area contributed by atoms with Crippen molar-refractivity contribution in [3.63, 3.8) is 0 Å². The SMILES string of the molecule is O=C(O)c1cn(CC(O)CO)c2ccc(Cc3cccc(Cl)c3F)cc2c1=O. The van der Waals surface area contributed by atoms with Crippen molar-refractivity contribution in [1.29, 1.82) is 0 Å². The first-order chi connectivity index (χ1) is 13.3. The molecule has 3 aromatic rings. The molecule has 0 saturated heterocycles. The van der Waals surface area contributed by atoms with Gasteiger partial charge in [0.2, 0.25) is 5.43 Å². The lowest BCUT2D eigenvalue weighted by molar-refractivity contribution is 0.0691. The molecule has 0 bridgehead atoms. The lowest BCUT2D eigenvalue weighted by Gasteiger charge is -2.16. The van der Waals surface area contributed by atoms with Gasteiger partial charge in [0.25, 0.3) is 0 Å². The van der Waals surface area contributed by atoms with Crippen LogP contribution in [-0.2, 0) is 13.0 Å². The molecule has 0 aliphatic heterocycles. The van der Waals surface area contributed by atoms with E-state index in [4.69, 9.17) is 16.7 Å². The number of pyridine rings is 1. The Bertz CT molecular complexity index is 1110. The summed E-state index contributed by atoms with van der Waals surface area (Å²) in [5.41, 5.74) is 0.215. The number of aromatic nitrogens is 1. The third kappa shape index (κ3) is 3.91. The van der Waals surface area contributed by atoms with Crippen LogP contribution < -0.4 is 5.43 Å². The highest BCUT2D eigenvalue weighted by atomic mass is 35.5. The highest BCUT2D eigenvalue weighted by Crippen LogP contribution is 2.22. The van der Waals surface area contributed by atoms with Crippen LogP contribution in [-0.4, -0.2) is 38.6 Å². The van der Waals surface area contributed by atoms with Gasteiger partial charge in [0.15, 0.2) is 0 Å². The molecular formula is C20H17ClFNO5. The normalized spacial score (nSPS) is 12.3. The van der Waals surface area contributed by atoms with Crippen molar-refractivity contribution in [1.82, 2.24) is 4.57 Å². The Morgan fingerprint density at radius 1 is 1.25 bits per heavy atom. The largest absolute Gasteiger partial charge is 0.477 e. The van der Waals surface area contributed by atoms with E-state index in [-0.39, 0.29) is 23.4 Å². The maximum absolute atomic E-state index is 14.2. The van der Waals surface area contributed by atoms with Crippen LogP contribution in [0.2, 0.25) is 5.02 Å². The van der Waals surface area contributed by atoms with E-state index in [0.717, 1.165) is 6.20 Å². The number of benzene rings is 2. The molecular weight excluding hydrogens is 389 g/mol. The number of hydrogen-bond donors (Lipinski definition) is 3. The first-order valence-corrected chi connectivity index (χ1v) is 8.80. The van der Waals surface area contributed by atoms with Gasteiger partial charge in [0.1, 0.15) is 11.4 Å². The fourth-order valence-corrected chi connectivity index (χ4v) is 3.24. The van der Waals surface area contributed by atoms with Gasteiger partial charge >= 0.3 is 5.97 Å². The fourth-order valence-electron chi connectivity index (χ4n) is 3.05. The molecule has 2 aromatic carbocycles. The average Bonchev–Trinajstić information content (AvgIpc) is 2.67. The molecule has 1 atom stereocenters. The molecule has 6 nitrogen and oxygen atoms in total. The van der Waals surface area contributed by atoms with Gasteiger partial charge in [0.05, 0.1) is 29.8 Å². The number of halogens is 2. The van der Waals surface area contributed by atoms with Crippen LogP contribution in [0, 0.1) is 5.82 Å².